The molecule has 0 aliphatic rings. The van der Waals surface area contributed by atoms with E-state index < -0.39 is 5.91 Å². The number of nitrogens with zero attached hydrogens (tertiary/aromatic N) is 1. The van der Waals surface area contributed by atoms with E-state index in [9.17, 15) is 9.90 Å². The number of methoxy groups -OCH3 is 1. The summed E-state index contributed by atoms with van der Waals surface area (Å²) in [5.74, 6) is 0.678. The first-order valence-corrected chi connectivity index (χ1v) is 7.58. The normalized spacial score (nSPS) is 10.6. The topological polar surface area (TPSA) is 80.2 Å². The summed E-state index contributed by atoms with van der Waals surface area (Å²) in [6, 6.07) is 11.6. The summed E-state index contributed by atoms with van der Waals surface area (Å²) in [6.07, 6.45) is 2.40. The summed E-state index contributed by atoms with van der Waals surface area (Å²) in [5, 5.41) is 13.5. The molecule has 0 heterocycles. The van der Waals surface area contributed by atoms with E-state index in [-0.39, 0.29) is 11.3 Å². The molecule has 0 aliphatic heterocycles. The summed E-state index contributed by atoms with van der Waals surface area (Å²) in [5.41, 5.74) is 3.28. The van der Waals surface area contributed by atoms with Crippen LogP contribution in [0.4, 0.5) is 0 Å². The number of carbonyl (C=O) groups is 1. The van der Waals surface area contributed by atoms with Crippen LogP contribution in [0.2, 0.25) is 0 Å². The summed E-state index contributed by atoms with van der Waals surface area (Å²) in [4.78, 5) is 11.9. The third-order valence-electron chi connectivity index (χ3n) is 3.18. The Bertz CT molecular complexity index is 729. The minimum atomic E-state index is -0.487. The molecule has 0 atom stereocenters. The maximum atomic E-state index is 11.9. The standard InChI is InChI=1S/C18H20N2O4/c1-3-10-24-16-9-8-13(11-17(16)23-2)12-19-20-18(22)14-6-4-5-7-15(14)21/h4-9,11-12,21H,3,10H2,1-2H3,(H,20,22)/b19-12+. The molecule has 2 N–H and O–H groups in total. The molecule has 0 fully saturated rings. The van der Waals surface area contributed by atoms with Crippen molar-refractivity contribution >= 4 is 12.1 Å². The number of hydrazone groups is 1. The number of carbonyl (C=O) groups excluding carboxylic acids is 1. The average Bonchev–Trinajstić information content (AvgIpc) is 2.60. The molecule has 0 spiro atoms. The number of para-hydroxylation sites is 1. The van der Waals surface area contributed by atoms with Crippen LogP contribution in [0, 0.1) is 0 Å². The highest BCUT2D eigenvalue weighted by Gasteiger charge is 2.09. The molecule has 0 unspecified atom stereocenters. The molecule has 0 bridgehead atoms. The number of ether oxygens (including phenoxy) is 2. The second kappa shape index (κ2) is 8.57. The van der Waals surface area contributed by atoms with Crippen molar-refractivity contribution in [3.63, 3.8) is 0 Å². The van der Waals surface area contributed by atoms with Gasteiger partial charge in [-0.2, -0.15) is 5.10 Å². The van der Waals surface area contributed by atoms with E-state index >= 15 is 0 Å². The van der Waals surface area contributed by atoms with E-state index in [4.69, 9.17) is 9.47 Å². The number of amides is 1. The van der Waals surface area contributed by atoms with Crippen LogP contribution in [0.25, 0.3) is 0 Å². The van der Waals surface area contributed by atoms with Crippen LogP contribution in [0.1, 0.15) is 29.3 Å². The van der Waals surface area contributed by atoms with Gasteiger partial charge in [-0.05, 0) is 42.3 Å². The van der Waals surface area contributed by atoms with Crippen molar-refractivity contribution in [1.29, 1.82) is 0 Å². The lowest BCUT2D eigenvalue weighted by Gasteiger charge is -2.10. The van der Waals surface area contributed by atoms with Gasteiger partial charge in [-0.3, -0.25) is 4.79 Å². The van der Waals surface area contributed by atoms with E-state index in [0.717, 1.165) is 12.0 Å². The summed E-state index contributed by atoms with van der Waals surface area (Å²) in [7, 11) is 1.56. The second-order valence-corrected chi connectivity index (χ2v) is 4.98. The summed E-state index contributed by atoms with van der Waals surface area (Å²) < 4.78 is 10.9. The molecule has 126 valence electrons. The Labute approximate surface area is 140 Å². The van der Waals surface area contributed by atoms with Crippen LogP contribution < -0.4 is 14.9 Å². The zero-order chi connectivity index (χ0) is 17.4. The number of aromatic hydroxyl groups is 1. The molecule has 0 saturated carbocycles. The van der Waals surface area contributed by atoms with E-state index in [1.54, 1.807) is 31.4 Å². The van der Waals surface area contributed by atoms with Gasteiger partial charge in [-0.1, -0.05) is 19.1 Å². The minimum absolute atomic E-state index is 0.0932. The Morgan fingerprint density at radius 2 is 2.04 bits per heavy atom. The quantitative estimate of drug-likeness (QED) is 0.605. The molecular formula is C18H20N2O4. The Morgan fingerprint density at radius 1 is 1.25 bits per heavy atom. The number of hydrogen-bond donors (Lipinski definition) is 2. The van der Waals surface area contributed by atoms with Gasteiger partial charge in [0.2, 0.25) is 0 Å². The number of phenols is 1. The van der Waals surface area contributed by atoms with Crippen molar-refractivity contribution < 1.29 is 19.4 Å². The molecule has 2 rings (SSSR count). The van der Waals surface area contributed by atoms with E-state index in [1.807, 2.05) is 13.0 Å². The zero-order valence-corrected chi connectivity index (χ0v) is 13.7. The molecule has 6 nitrogen and oxygen atoms in total. The smallest absolute Gasteiger partial charge is 0.275 e. The Morgan fingerprint density at radius 3 is 2.75 bits per heavy atom. The van der Waals surface area contributed by atoms with Crippen LogP contribution in [-0.2, 0) is 0 Å². The second-order valence-electron chi connectivity index (χ2n) is 4.98. The van der Waals surface area contributed by atoms with E-state index in [1.165, 1.54) is 18.3 Å². The van der Waals surface area contributed by atoms with Crippen molar-refractivity contribution in [1.82, 2.24) is 5.43 Å². The lowest BCUT2D eigenvalue weighted by Crippen LogP contribution is -2.17. The fraction of sp³-hybridized carbons (Fsp3) is 0.222. The maximum absolute atomic E-state index is 11.9. The number of phenolic OH excluding ortho intramolecular Hbond substituents is 1. The Kier molecular flexibility index (Phi) is 6.19. The maximum Gasteiger partial charge on any atom is 0.275 e. The highest BCUT2D eigenvalue weighted by molar-refractivity contribution is 5.97. The number of rotatable bonds is 7. The van der Waals surface area contributed by atoms with Crippen LogP contribution in [-0.4, -0.2) is 30.9 Å². The number of nitrogens with one attached hydrogen (secondary N) is 1. The first-order valence-electron chi connectivity index (χ1n) is 7.58. The fourth-order valence-corrected chi connectivity index (χ4v) is 1.99. The minimum Gasteiger partial charge on any atom is -0.507 e. The molecule has 6 heteroatoms. The molecular weight excluding hydrogens is 308 g/mol. The van der Waals surface area contributed by atoms with E-state index in [0.29, 0.717) is 18.1 Å². The monoisotopic (exact) mass is 328 g/mol. The first kappa shape index (κ1) is 17.3. The van der Waals surface area contributed by atoms with Gasteiger partial charge in [-0.15, -0.1) is 0 Å². The van der Waals surface area contributed by atoms with Crippen molar-refractivity contribution in [2.45, 2.75) is 13.3 Å². The SMILES string of the molecule is CCCOc1ccc(/C=N/NC(=O)c2ccccc2O)cc1OC. The van der Waals surface area contributed by atoms with Gasteiger partial charge in [0, 0.05) is 0 Å². The van der Waals surface area contributed by atoms with Crippen LogP contribution in [0.15, 0.2) is 47.6 Å². The highest BCUT2D eigenvalue weighted by Crippen LogP contribution is 2.27. The Hall–Kier alpha value is -3.02. The van der Waals surface area contributed by atoms with Crippen molar-refractivity contribution in [3.8, 4) is 17.2 Å². The molecule has 2 aromatic rings. The zero-order valence-electron chi connectivity index (χ0n) is 13.7. The molecule has 0 saturated heterocycles. The van der Waals surface area contributed by atoms with Gasteiger partial charge >= 0.3 is 0 Å². The van der Waals surface area contributed by atoms with Gasteiger partial charge in [0.25, 0.3) is 5.91 Å². The van der Waals surface area contributed by atoms with Crippen molar-refractivity contribution in [2.75, 3.05) is 13.7 Å². The summed E-state index contributed by atoms with van der Waals surface area (Å²) in [6.45, 7) is 2.64. The lowest BCUT2D eigenvalue weighted by molar-refractivity contribution is 0.0952. The van der Waals surface area contributed by atoms with Crippen molar-refractivity contribution in [3.05, 3.63) is 53.6 Å². The summed E-state index contributed by atoms with van der Waals surface area (Å²) >= 11 is 0. The van der Waals surface area contributed by atoms with Crippen LogP contribution >= 0.6 is 0 Å². The van der Waals surface area contributed by atoms with E-state index in [2.05, 4.69) is 10.5 Å². The molecule has 1 amide bonds. The number of hydrogen-bond acceptors (Lipinski definition) is 5. The van der Waals surface area contributed by atoms with Crippen LogP contribution in [0.3, 0.4) is 0 Å². The lowest BCUT2D eigenvalue weighted by atomic mass is 10.2. The van der Waals surface area contributed by atoms with Gasteiger partial charge in [0.15, 0.2) is 11.5 Å². The fourth-order valence-electron chi connectivity index (χ4n) is 1.99. The molecule has 2 aromatic carbocycles. The van der Waals surface area contributed by atoms with Gasteiger partial charge in [-0.25, -0.2) is 5.43 Å². The van der Waals surface area contributed by atoms with Crippen LogP contribution in [0.5, 0.6) is 17.2 Å². The van der Waals surface area contributed by atoms with Gasteiger partial charge in [0.05, 0.1) is 25.5 Å². The highest BCUT2D eigenvalue weighted by atomic mass is 16.5. The predicted molar refractivity (Wildman–Crippen MR) is 91.9 cm³/mol. The third kappa shape index (κ3) is 4.49. The molecule has 0 aromatic heterocycles. The van der Waals surface area contributed by atoms with Crippen molar-refractivity contribution in [2.24, 2.45) is 5.10 Å². The largest absolute Gasteiger partial charge is 0.507 e. The number of benzene rings is 2. The molecule has 0 aliphatic carbocycles. The first-order chi connectivity index (χ1) is 11.7. The molecule has 24 heavy (non-hydrogen) atoms. The van der Waals surface area contributed by atoms with Gasteiger partial charge < -0.3 is 14.6 Å². The average molecular weight is 328 g/mol. The predicted octanol–water partition coefficient (Wildman–Crippen LogP) is 2.95. The molecule has 0 radical (unpaired) electrons. The third-order valence-corrected chi connectivity index (χ3v) is 3.18. The Balaban J connectivity index is 2.04. The van der Waals surface area contributed by atoms with Gasteiger partial charge in [0.1, 0.15) is 5.75 Å².